The van der Waals surface area contributed by atoms with Crippen LogP contribution in [-0.4, -0.2) is 72.5 Å². The highest BCUT2D eigenvalue weighted by atomic mass is 19.3. The number of ether oxygens (including phenoxy) is 1. The molecule has 4 rings (SSSR count). The Labute approximate surface area is 214 Å². The predicted molar refractivity (Wildman–Crippen MR) is 132 cm³/mol. The number of amides is 2. The van der Waals surface area contributed by atoms with Crippen molar-refractivity contribution in [3.8, 4) is 0 Å². The Hall–Kier alpha value is -2.82. The van der Waals surface area contributed by atoms with Gasteiger partial charge in [0.1, 0.15) is 17.5 Å². The molecule has 0 aliphatic carbocycles. The van der Waals surface area contributed by atoms with Gasteiger partial charge in [-0.3, -0.25) is 24.6 Å². The molecule has 1 aromatic carbocycles. The summed E-state index contributed by atoms with van der Waals surface area (Å²) in [4.78, 5) is 38.7. The normalized spacial score (nSPS) is 25.5. The number of nitrogens with zero attached hydrogens (tertiary/aromatic N) is 2. The van der Waals surface area contributed by atoms with E-state index in [1.165, 1.54) is 17.0 Å². The largest absolute Gasteiger partial charge is 0.460 e. The molecule has 0 spiro atoms. The molecule has 2 unspecified atom stereocenters. The van der Waals surface area contributed by atoms with E-state index in [1.54, 1.807) is 31.7 Å². The summed E-state index contributed by atoms with van der Waals surface area (Å²) >= 11 is 0. The van der Waals surface area contributed by atoms with Crippen LogP contribution in [0.1, 0.15) is 52.9 Å². The van der Waals surface area contributed by atoms with Gasteiger partial charge in [0.05, 0.1) is 24.2 Å². The zero-order chi connectivity index (χ0) is 27.0. The fourth-order valence-electron chi connectivity index (χ4n) is 5.30. The Morgan fingerprint density at radius 1 is 1.11 bits per heavy atom. The minimum absolute atomic E-state index is 0.0792. The summed E-state index contributed by atoms with van der Waals surface area (Å²) in [6, 6.07) is 2.53. The maximum Gasteiger partial charge on any atom is 0.309 e. The molecule has 8 nitrogen and oxygen atoms in total. The lowest BCUT2D eigenvalue weighted by molar-refractivity contribution is -0.162. The molecule has 2 N–H and O–H groups in total. The van der Waals surface area contributed by atoms with Crippen LogP contribution in [0.5, 0.6) is 0 Å². The summed E-state index contributed by atoms with van der Waals surface area (Å²) < 4.78 is 51.0. The van der Waals surface area contributed by atoms with Crippen LogP contribution < -0.4 is 15.5 Å². The van der Waals surface area contributed by atoms with Crippen molar-refractivity contribution in [1.82, 2.24) is 10.2 Å². The van der Waals surface area contributed by atoms with Crippen LogP contribution in [0, 0.1) is 11.7 Å². The van der Waals surface area contributed by atoms with E-state index in [0.29, 0.717) is 38.0 Å². The number of alkyl halides is 2. The molecule has 0 saturated carbocycles. The number of piperidine rings is 3. The first-order chi connectivity index (χ1) is 17.3. The monoisotopic (exact) mass is 524 g/mol. The van der Waals surface area contributed by atoms with Crippen molar-refractivity contribution in [2.24, 2.45) is 5.92 Å². The lowest BCUT2D eigenvalue weighted by Crippen LogP contribution is -2.60. The first-order valence-electron chi connectivity index (χ1n) is 12.8. The second-order valence-electron chi connectivity index (χ2n) is 11.1. The molecule has 1 aromatic rings. The Morgan fingerprint density at radius 3 is 2.41 bits per heavy atom. The third kappa shape index (κ3) is 6.55. The summed E-state index contributed by atoms with van der Waals surface area (Å²) in [6.07, 6.45) is 1.60. The predicted octanol–water partition coefficient (Wildman–Crippen LogP) is 3.31. The summed E-state index contributed by atoms with van der Waals surface area (Å²) in [5.74, 6) is -5.11. The molecular weight excluding hydrogens is 489 g/mol. The van der Waals surface area contributed by atoms with Crippen molar-refractivity contribution in [1.29, 1.82) is 0 Å². The first kappa shape index (κ1) is 27.2. The molecule has 204 valence electrons. The van der Waals surface area contributed by atoms with Gasteiger partial charge in [-0.15, -0.1) is 0 Å². The fourth-order valence-corrected chi connectivity index (χ4v) is 5.30. The molecule has 11 heteroatoms. The Bertz CT molecular complexity index is 1040. The maximum absolute atomic E-state index is 15.3. The van der Waals surface area contributed by atoms with E-state index in [4.69, 9.17) is 4.74 Å². The molecule has 3 aliphatic rings. The molecule has 3 saturated heterocycles. The van der Waals surface area contributed by atoms with Gasteiger partial charge >= 0.3 is 5.97 Å². The molecule has 0 aromatic heterocycles. The van der Waals surface area contributed by atoms with Crippen LogP contribution in [0.25, 0.3) is 0 Å². The third-order valence-corrected chi connectivity index (χ3v) is 7.14. The van der Waals surface area contributed by atoms with Gasteiger partial charge in [-0.25, -0.2) is 13.2 Å². The highest BCUT2D eigenvalue weighted by molar-refractivity contribution is 6.01. The summed E-state index contributed by atoms with van der Waals surface area (Å²) in [6.45, 7) is 5.85. The van der Waals surface area contributed by atoms with Crippen molar-refractivity contribution >= 4 is 29.2 Å². The standard InChI is InChI=1S/C26H35F3N4O4/c1-25(2,3)37-24(36)16-8-11-32(12-9-16)21-10-13-33(15-26(21,28)29)20-6-4-17(14-18(20)27)30-19-5-7-22(34)31-23(19)35/h4,6,14,16,19,21,30H,5,7-13,15H2,1-3H3,(H,31,34,35). The lowest BCUT2D eigenvalue weighted by Gasteiger charge is -2.46. The van der Waals surface area contributed by atoms with Crippen LogP contribution >= 0.6 is 0 Å². The third-order valence-electron chi connectivity index (χ3n) is 7.14. The molecule has 2 atom stereocenters. The Balaban J connectivity index is 1.34. The number of rotatable bonds is 5. The van der Waals surface area contributed by atoms with E-state index in [-0.39, 0.29) is 42.9 Å². The molecule has 0 bridgehead atoms. The van der Waals surface area contributed by atoms with Crippen LogP contribution in [0.15, 0.2) is 18.2 Å². The van der Waals surface area contributed by atoms with E-state index in [0.717, 1.165) is 0 Å². The zero-order valence-electron chi connectivity index (χ0n) is 21.5. The lowest BCUT2D eigenvalue weighted by atomic mass is 9.91. The van der Waals surface area contributed by atoms with Crippen LogP contribution in [0.4, 0.5) is 24.5 Å². The molecule has 37 heavy (non-hydrogen) atoms. The topological polar surface area (TPSA) is 91.0 Å². The van der Waals surface area contributed by atoms with Crippen LogP contribution in [-0.2, 0) is 19.1 Å². The number of carbonyl (C=O) groups is 3. The Morgan fingerprint density at radius 2 is 1.81 bits per heavy atom. The van der Waals surface area contributed by atoms with Crippen LogP contribution in [0.2, 0.25) is 0 Å². The van der Waals surface area contributed by atoms with Crippen molar-refractivity contribution in [2.75, 3.05) is 36.4 Å². The maximum atomic E-state index is 15.3. The van der Waals surface area contributed by atoms with E-state index < -0.39 is 41.9 Å². The first-order valence-corrected chi connectivity index (χ1v) is 12.8. The van der Waals surface area contributed by atoms with E-state index in [1.807, 2.05) is 0 Å². The van der Waals surface area contributed by atoms with E-state index in [9.17, 15) is 18.8 Å². The van der Waals surface area contributed by atoms with Gasteiger partial charge in [-0.1, -0.05) is 0 Å². The van der Waals surface area contributed by atoms with Gasteiger partial charge in [-0.05, 0) is 77.7 Å². The van der Waals surface area contributed by atoms with Crippen LogP contribution in [0.3, 0.4) is 0 Å². The van der Waals surface area contributed by atoms with Crippen molar-refractivity contribution < 1.29 is 32.3 Å². The molecular formula is C26H35F3N4O4. The number of anilines is 2. The second-order valence-corrected chi connectivity index (χ2v) is 11.1. The molecule has 2 amide bonds. The number of nitrogens with one attached hydrogen (secondary N) is 2. The summed E-state index contributed by atoms with van der Waals surface area (Å²) in [5, 5.41) is 5.13. The average Bonchev–Trinajstić information content (AvgIpc) is 2.79. The smallest absolute Gasteiger partial charge is 0.309 e. The second kappa shape index (κ2) is 10.5. The number of benzene rings is 1. The quantitative estimate of drug-likeness (QED) is 0.451. The summed E-state index contributed by atoms with van der Waals surface area (Å²) in [5.41, 5.74) is -0.163. The molecule has 3 aliphatic heterocycles. The highest BCUT2D eigenvalue weighted by Gasteiger charge is 2.48. The van der Waals surface area contributed by atoms with Crippen molar-refractivity contribution in [2.45, 2.75) is 76.5 Å². The van der Waals surface area contributed by atoms with Gasteiger partial charge in [0.15, 0.2) is 0 Å². The van der Waals surface area contributed by atoms with Gasteiger partial charge in [0.25, 0.3) is 5.92 Å². The van der Waals surface area contributed by atoms with Gasteiger partial charge < -0.3 is 15.0 Å². The number of carbonyl (C=O) groups excluding carboxylic acids is 3. The molecule has 3 fully saturated rings. The van der Waals surface area contributed by atoms with E-state index in [2.05, 4.69) is 10.6 Å². The highest BCUT2D eigenvalue weighted by Crippen LogP contribution is 2.37. The number of halogens is 3. The minimum Gasteiger partial charge on any atom is -0.460 e. The van der Waals surface area contributed by atoms with Gasteiger partial charge in [0, 0.05) is 18.7 Å². The van der Waals surface area contributed by atoms with E-state index >= 15 is 8.78 Å². The van der Waals surface area contributed by atoms with Gasteiger partial charge in [0.2, 0.25) is 11.8 Å². The Kier molecular flexibility index (Phi) is 7.73. The SMILES string of the molecule is CC(C)(C)OC(=O)C1CCN(C2CCN(c3ccc(NC4CCC(=O)NC4=O)cc3F)CC2(F)F)CC1. The number of hydrogen-bond donors (Lipinski definition) is 2. The van der Waals surface area contributed by atoms with Gasteiger partial charge in [-0.2, -0.15) is 0 Å². The number of hydrogen-bond acceptors (Lipinski definition) is 7. The zero-order valence-corrected chi connectivity index (χ0v) is 21.5. The number of esters is 1. The summed E-state index contributed by atoms with van der Waals surface area (Å²) in [7, 11) is 0. The minimum atomic E-state index is -3.06. The fraction of sp³-hybridized carbons (Fsp3) is 0.654. The molecule has 3 heterocycles. The van der Waals surface area contributed by atoms with Crippen molar-refractivity contribution in [3.05, 3.63) is 24.0 Å². The number of imide groups is 1. The number of likely N-dealkylation sites (tertiary alicyclic amines) is 1. The van der Waals surface area contributed by atoms with Crippen molar-refractivity contribution in [3.63, 3.8) is 0 Å². The molecule has 0 radical (unpaired) electrons. The average molecular weight is 525 g/mol.